The van der Waals surface area contributed by atoms with Crippen LogP contribution in [0.2, 0.25) is 0 Å². The van der Waals surface area contributed by atoms with Crippen LogP contribution in [-0.4, -0.2) is 48.1 Å². The molecule has 0 aromatic heterocycles. The largest absolute Gasteiger partial charge is 0.391 e. The van der Waals surface area contributed by atoms with Crippen LogP contribution < -0.4 is 4.90 Å². The van der Waals surface area contributed by atoms with Crippen LogP contribution in [0.15, 0.2) is 24.3 Å². The molecule has 2 atom stereocenters. The van der Waals surface area contributed by atoms with E-state index in [-0.39, 0.29) is 24.2 Å². The molecule has 1 aliphatic heterocycles. The monoisotopic (exact) mass is 330 g/mol. The second-order valence-electron chi connectivity index (χ2n) is 7.01. The molecule has 1 heterocycles. The predicted molar refractivity (Wildman–Crippen MR) is 92.6 cm³/mol. The SMILES string of the molecule is CCc1ccccc1N1CC(C(=O)N(C)CC(O)C2CC2)CC1=O. The minimum absolute atomic E-state index is 0.00499. The summed E-state index contributed by atoms with van der Waals surface area (Å²) >= 11 is 0. The Balaban J connectivity index is 1.66. The van der Waals surface area contributed by atoms with E-state index in [1.54, 1.807) is 16.8 Å². The maximum absolute atomic E-state index is 12.6. The van der Waals surface area contributed by atoms with Crippen molar-refractivity contribution in [1.82, 2.24) is 4.90 Å². The first-order valence-electron chi connectivity index (χ1n) is 8.82. The van der Waals surface area contributed by atoms with Crippen LogP contribution in [0.4, 0.5) is 5.69 Å². The second-order valence-corrected chi connectivity index (χ2v) is 7.01. The fourth-order valence-corrected chi connectivity index (χ4v) is 3.49. The van der Waals surface area contributed by atoms with Crippen molar-refractivity contribution >= 4 is 17.5 Å². The van der Waals surface area contributed by atoms with Gasteiger partial charge in [-0.1, -0.05) is 25.1 Å². The van der Waals surface area contributed by atoms with E-state index >= 15 is 0 Å². The van der Waals surface area contributed by atoms with Gasteiger partial charge in [-0.05, 0) is 36.8 Å². The van der Waals surface area contributed by atoms with Gasteiger partial charge in [0.2, 0.25) is 11.8 Å². The van der Waals surface area contributed by atoms with Gasteiger partial charge in [-0.15, -0.1) is 0 Å². The highest BCUT2D eigenvalue weighted by molar-refractivity contribution is 6.00. The van der Waals surface area contributed by atoms with Crippen LogP contribution in [0, 0.1) is 11.8 Å². The molecule has 2 fully saturated rings. The van der Waals surface area contributed by atoms with Crippen LogP contribution >= 0.6 is 0 Å². The van der Waals surface area contributed by atoms with Crippen LogP contribution in [0.3, 0.4) is 0 Å². The van der Waals surface area contributed by atoms with Crippen molar-refractivity contribution < 1.29 is 14.7 Å². The molecule has 0 bridgehead atoms. The molecule has 2 amide bonds. The number of anilines is 1. The number of rotatable bonds is 6. The summed E-state index contributed by atoms with van der Waals surface area (Å²) < 4.78 is 0. The summed E-state index contributed by atoms with van der Waals surface area (Å²) in [6.07, 6.45) is 2.76. The first-order valence-corrected chi connectivity index (χ1v) is 8.82. The Labute approximate surface area is 143 Å². The van der Waals surface area contributed by atoms with Gasteiger partial charge >= 0.3 is 0 Å². The molecular weight excluding hydrogens is 304 g/mol. The summed E-state index contributed by atoms with van der Waals surface area (Å²) in [6.45, 7) is 2.85. The molecule has 24 heavy (non-hydrogen) atoms. The van der Waals surface area contributed by atoms with Crippen molar-refractivity contribution in [3.63, 3.8) is 0 Å². The molecule has 1 saturated carbocycles. The zero-order valence-electron chi connectivity index (χ0n) is 14.4. The highest BCUT2D eigenvalue weighted by Crippen LogP contribution is 2.33. The van der Waals surface area contributed by atoms with Gasteiger partial charge in [-0.2, -0.15) is 0 Å². The number of amides is 2. The molecule has 2 aliphatic rings. The number of nitrogens with zero attached hydrogens (tertiary/aromatic N) is 2. The summed E-state index contributed by atoms with van der Waals surface area (Å²) in [4.78, 5) is 28.4. The fraction of sp³-hybridized carbons (Fsp3) is 0.579. The summed E-state index contributed by atoms with van der Waals surface area (Å²) in [5.74, 6) is -0.0119. The number of aryl methyl sites for hydroxylation is 1. The molecule has 2 unspecified atom stereocenters. The standard InChI is InChI=1S/C19H26N2O3/c1-3-13-6-4-5-7-16(13)21-11-15(10-18(21)23)19(24)20(2)12-17(22)14-8-9-14/h4-7,14-15,17,22H,3,8-12H2,1-2H3. The van der Waals surface area contributed by atoms with Crippen molar-refractivity contribution in [2.45, 2.75) is 38.7 Å². The Morgan fingerprint density at radius 1 is 1.38 bits per heavy atom. The van der Waals surface area contributed by atoms with Crippen molar-refractivity contribution in [2.75, 3.05) is 25.0 Å². The Morgan fingerprint density at radius 3 is 2.75 bits per heavy atom. The Morgan fingerprint density at radius 2 is 2.08 bits per heavy atom. The molecule has 1 aromatic carbocycles. The summed E-state index contributed by atoms with van der Waals surface area (Å²) in [6, 6.07) is 7.87. The van der Waals surface area contributed by atoms with E-state index in [2.05, 4.69) is 6.92 Å². The molecule has 1 N–H and O–H groups in total. The smallest absolute Gasteiger partial charge is 0.227 e. The maximum Gasteiger partial charge on any atom is 0.227 e. The average Bonchev–Trinajstić information content (AvgIpc) is 3.37. The minimum atomic E-state index is -0.437. The number of hydrogen-bond acceptors (Lipinski definition) is 3. The predicted octanol–water partition coefficient (Wildman–Crippen LogP) is 1.83. The van der Waals surface area contributed by atoms with Gasteiger partial charge in [0.25, 0.3) is 0 Å². The third kappa shape index (κ3) is 3.46. The molecule has 1 saturated heterocycles. The van der Waals surface area contributed by atoms with Gasteiger partial charge in [0.1, 0.15) is 0 Å². The van der Waals surface area contributed by atoms with Crippen LogP contribution in [0.25, 0.3) is 0 Å². The lowest BCUT2D eigenvalue weighted by atomic mass is 10.1. The number of aliphatic hydroxyl groups excluding tert-OH is 1. The zero-order chi connectivity index (χ0) is 17.3. The molecule has 1 aliphatic carbocycles. The first kappa shape index (κ1) is 17.0. The third-order valence-electron chi connectivity index (χ3n) is 5.14. The maximum atomic E-state index is 12.6. The van der Waals surface area contributed by atoms with Gasteiger partial charge in [0, 0.05) is 32.2 Å². The lowest BCUT2D eigenvalue weighted by molar-refractivity contribution is -0.135. The molecule has 3 rings (SSSR count). The van der Waals surface area contributed by atoms with Gasteiger partial charge in [-0.25, -0.2) is 0 Å². The van der Waals surface area contributed by atoms with Crippen molar-refractivity contribution in [3.8, 4) is 0 Å². The molecule has 1 aromatic rings. The van der Waals surface area contributed by atoms with Gasteiger partial charge in [0.15, 0.2) is 0 Å². The molecule has 5 heteroatoms. The first-order chi connectivity index (χ1) is 11.5. The van der Waals surface area contributed by atoms with E-state index in [9.17, 15) is 14.7 Å². The fourth-order valence-electron chi connectivity index (χ4n) is 3.49. The van der Waals surface area contributed by atoms with Gasteiger partial charge in [0.05, 0.1) is 12.0 Å². The molecular formula is C19H26N2O3. The average molecular weight is 330 g/mol. The van der Waals surface area contributed by atoms with Crippen molar-refractivity contribution in [2.24, 2.45) is 11.8 Å². The number of para-hydroxylation sites is 1. The number of carbonyl (C=O) groups excluding carboxylic acids is 2. The minimum Gasteiger partial charge on any atom is -0.391 e. The van der Waals surface area contributed by atoms with E-state index in [0.717, 1.165) is 30.5 Å². The Kier molecular flexibility index (Phi) is 4.90. The number of carbonyl (C=O) groups is 2. The van der Waals surface area contributed by atoms with Gasteiger partial charge in [-0.3, -0.25) is 9.59 Å². The molecule has 130 valence electrons. The second kappa shape index (κ2) is 6.93. The molecule has 0 radical (unpaired) electrons. The quantitative estimate of drug-likeness (QED) is 0.866. The highest BCUT2D eigenvalue weighted by atomic mass is 16.3. The molecule has 0 spiro atoms. The van der Waals surface area contributed by atoms with Crippen LogP contribution in [0.1, 0.15) is 31.7 Å². The number of aliphatic hydroxyl groups is 1. The lowest BCUT2D eigenvalue weighted by Crippen LogP contribution is -2.39. The summed E-state index contributed by atoms with van der Waals surface area (Å²) in [5.41, 5.74) is 2.04. The number of benzene rings is 1. The third-order valence-corrected chi connectivity index (χ3v) is 5.14. The highest BCUT2D eigenvalue weighted by Gasteiger charge is 2.38. The Hall–Kier alpha value is -1.88. The number of likely N-dealkylation sites (N-methyl/N-ethyl adjacent to an activating group) is 1. The van der Waals surface area contributed by atoms with E-state index in [0.29, 0.717) is 19.0 Å². The van der Waals surface area contributed by atoms with E-state index < -0.39 is 6.10 Å². The van der Waals surface area contributed by atoms with E-state index in [1.807, 2.05) is 24.3 Å². The zero-order valence-corrected chi connectivity index (χ0v) is 14.4. The van der Waals surface area contributed by atoms with Crippen LogP contribution in [0.5, 0.6) is 0 Å². The summed E-state index contributed by atoms with van der Waals surface area (Å²) in [5, 5.41) is 10.0. The van der Waals surface area contributed by atoms with Crippen molar-refractivity contribution in [1.29, 1.82) is 0 Å². The lowest BCUT2D eigenvalue weighted by Gasteiger charge is -2.24. The van der Waals surface area contributed by atoms with Gasteiger partial charge < -0.3 is 14.9 Å². The normalized spacial score (nSPS) is 21.9. The molecule has 5 nitrogen and oxygen atoms in total. The van der Waals surface area contributed by atoms with Crippen molar-refractivity contribution in [3.05, 3.63) is 29.8 Å². The van der Waals surface area contributed by atoms with Crippen LogP contribution in [-0.2, 0) is 16.0 Å². The topological polar surface area (TPSA) is 60.9 Å². The summed E-state index contributed by atoms with van der Waals surface area (Å²) in [7, 11) is 1.72. The van der Waals surface area contributed by atoms with E-state index in [1.165, 1.54) is 0 Å². The Bertz CT molecular complexity index is 627. The number of hydrogen-bond donors (Lipinski definition) is 1. The van der Waals surface area contributed by atoms with E-state index in [4.69, 9.17) is 0 Å².